The molecule has 5 nitrogen and oxygen atoms in total. The zero-order valence-corrected chi connectivity index (χ0v) is 12.4. The summed E-state index contributed by atoms with van der Waals surface area (Å²) < 4.78 is 5.36. The van der Waals surface area contributed by atoms with E-state index in [4.69, 9.17) is 9.84 Å². The molecular weight excluding hydrogens is 258 g/mol. The summed E-state index contributed by atoms with van der Waals surface area (Å²) in [5.74, 6) is -1.60. The molecule has 20 heavy (non-hydrogen) atoms. The average molecular weight is 283 g/mol. The predicted octanol–water partition coefficient (Wildman–Crippen LogP) is 1.90. The Bertz CT molecular complexity index is 376. The third kappa shape index (κ3) is 2.55. The number of rotatable bonds is 6. The van der Waals surface area contributed by atoms with E-state index in [1.807, 2.05) is 4.90 Å². The van der Waals surface area contributed by atoms with Gasteiger partial charge in [0.05, 0.1) is 24.0 Å². The average Bonchev–Trinajstić information content (AvgIpc) is 2.71. The van der Waals surface area contributed by atoms with Crippen LogP contribution in [-0.4, -0.2) is 47.7 Å². The second kappa shape index (κ2) is 6.12. The number of likely N-dealkylation sites (tertiary alicyclic amines) is 1. The molecule has 2 rings (SSSR count). The van der Waals surface area contributed by atoms with Gasteiger partial charge in [0.2, 0.25) is 5.91 Å². The minimum atomic E-state index is -0.832. The molecule has 1 saturated carbocycles. The van der Waals surface area contributed by atoms with Crippen molar-refractivity contribution in [2.45, 2.75) is 51.0 Å². The van der Waals surface area contributed by atoms with Gasteiger partial charge in [-0.05, 0) is 32.1 Å². The molecule has 0 aromatic carbocycles. The van der Waals surface area contributed by atoms with Crippen LogP contribution < -0.4 is 0 Å². The topological polar surface area (TPSA) is 66.8 Å². The van der Waals surface area contributed by atoms with Gasteiger partial charge in [-0.25, -0.2) is 0 Å². The van der Waals surface area contributed by atoms with Gasteiger partial charge in [0.1, 0.15) is 0 Å². The Hall–Kier alpha value is -1.10. The van der Waals surface area contributed by atoms with Crippen molar-refractivity contribution in [3.05, 3.63) is 0 Å². The number of hydrogen-bond donors (Lipinski definition) is 1. The van der Waals surface area contributed by atoms with Crippen LogP contribution >= 0.6 is 0 Å². The maximum atomic E-state index is 12.7. The highest BCUT2D eigenvalue weighted by molar-refractivity contribution is 5.87. The fourth-order valence-corrected chi connectivity index (χ4v) is 3.79. The zero-order valence-electron chi connectivity index (χ0n) is 12.4. The minimum Gasteiger partial charge on any atom is -0.481 e. The Morgan fingerprint density at radius 1 is 1.35 bits per heavy atom. The Balaban J connectivity index is 2.13. The van der Waals surface area contributed by atoms with Gasteiger partial charge in [-0.15, -0.1) is 0 Å². The molecule has 1 heterocycles. The summed E-state index contributed by atoms with van der Waals surface area (Å²) in [6, 6.07) is 0. The molecule has 1 amide bonds. The number of aliphatic carboxylic acids is 1. The van der Waals surface area contributed by atoms with Crippen LogP contribution in [0.3, 0.4) is 0 Å². The van der Waals surface area contributed by atoms with E-state index in [-0.39, 0.29) is 17.4 Å². The minimum absolute atomic E-state index is 0.0339. The van der Waals surface area contributed by atoms with E-state index in [1.165, 1.54) is 0 Å². The zero-order chi connectivity index (χ0) is 14.8. The number of ether oxygens (including phenoxy) is 1. The molecule has 1 saturated heterocycles. The Labute approximate surface area is 120 Å². The van der Waals surface area contributed by atoms with Gasteiger partial charge in [-0.1, -0.05) is 13.3 Å². The summed E-state index contributed by atoms with van der Waals surface area (Å²) in [5, 5.41) is 9.14. The largest absolute Gasteiger partial charge is 0.481 e. The van der Waals surface area contributed by atoms with Crippen molar-refractivity contribution >= 4 is 11.9 Å². The third-order valence-corrected chi connectivity index (χ3v) is 4.90. The molecule has 1 aliphatic heterocycles. The van der Waals surface area contributed by atoms with E-state index < -0.39 is 11.9 Å². The number of nitrogens with zero attached hydrogens (tertiary/aromatic N) is 1. The molecule has 0 bridgehead atoms. The first kappa shape index (κ1) is 15.3. The third-order valence-electron chi connectivity index (χ3n) is 4.90. The van der Waals surface area contributed by atoms with Gasteiger partial charge in [-0.3, -0.25) is 9.59 Å². The number of carboxylic acid groups (broad SMARTS) is 1. The summed E-state index contributed by atoms with van der Waals surface area (Å²) in [6.07, 6.45) is 5.22. The molecular formula is C15H25NO4. The molecule has 3 unspecified atom stereocenters. The highest BCUT2D eigenvalue weighted by atomic mass is 16.5. The summed E-state index contributed by atoms with van der Waals surface area (Å²) in [4.78, 5) is 25.8. The summed E-state index contributed by atoms with van der Waals surface area (Å²) in [7, 11) is 1.67. The van der Waals surface area contributed by atoms with Gasteiger partial charge in [0.25, 0.3) is 0 Å². The van der Waals surface area contributed by atoms with E-state index in [1.54, 1.807) is 7.11 Å². The lowest BCUT2D eigenvalue weighted by molar-refractivity contribution is -0.159. The number of carbonyl (C=O) groups excluding carboxylic acids is 1. The van der Waals surface area contributed by atoms with Gasteiger partial charge in [0, 0.05) is 13.7 Å². The summed E-state index contributed by atoms with van der Waals surface area (Å²) in [6.45, 7) is 3.41. The monoisotopic (exact) mass is 283 g/mol. The van der Waals surface area contributed by atoms with Crippen molar-refractivity contribution < 1.29 is 19.4 Å². The van der Waals surface area contributed by atoms with Gasteiger partial charge in [-0.2, -0.15) is 0 Å². The van der Waals surface area contributed by atoms with Crippen molar-refractivity contribution in [1.29, 1.82) is 0 Å². The van der Waals surface area contributed by atoms with Crippen molar-refractivity contribution in [3.63, 3.8) is 0 Å². The standard InChI is InChI=1S/C15H25NO4/c1-3-7-15(10-20-2)8-4-9-16(15)13(17)11-5-6-12(11)14(18)19/h11-12H,3-10H2,1-2H3,(H,18,19). The van der Waals surface area contributed by atoms with E-state index >= 15 is 0 Å². The van der Waals surface area contributed by atoms with E-state index in [2.05, 4.69) is 6.92 Å². The second-order valence-electron chi connectivity index (χ2n) is 6.13. The fourth-order valence-electron chi connectivity index (χ4n) is 3.79. The lowest BCUT2D eigenvalue weighted by atomic mass is 9.72. The normalized spacial score (nSPS) is 33.0. The van der Waals surface area contributed by atoms with E-state index in [0.29, 0.717) is 19.4 Å². The molecule has 0 aromatic rings. The number of amides is 1. The molecule has 0 aromatic heterocycles. The molecule has 0 spiro atoms. The molecule has 3 atom stereocenters. The first-order valence-electron chi connectivity index (χ1n) is 7.59. The van der Waals surface area contributed by atoms with Gasteiger partial charge in [0.15, 0.2) is 0 Å². The molecule has 2 aliphatic rings. The molecule has 114 valence electrons. The van der Waals surface area contributed by atoms with Gasteiger partial charge >= 0.3 is 5.97 Å². The first-order valence-corrected chi connectivity index (χ1v) is 7.59. The summed E-state index contributed by atoms with van der Waals surface area (Å²) >= 11 is 0. The number of methoxy groups -OCH3 is 1. The Morgan fingerprint density at radius 2 is 2.05 bits per heavy atom. The van der Waals surface area contributed by atoms with Crippen LogP contribution in [0.15, 0.2) is 0 Å². The van der Waals surface area contributed by atoms with E-state index in [0.717, 1.165) is 32.2 Å². The Kier molecular flexibility index (Phi) is 4.68. The van der Waals surface area contributed by atoms with Crippen molar-refractivity contribution in [2.24, 2.45) is 11.8 Å². The molecule has 0 radical (unpaired) electrons. The van der Waals surface area contributed by atoms with Crippen molar-refractivity contribution in [2.75, 3.05) is 20.3 Å². The fraction of sp³-hybridized carbons (Fsp3) is 0.867. The van der Waals surface area contributed by atoms with Crippen LogP contribution in [0.4, 0.5) is 0 Å². The maximum Gasteiger partial charge on any atom is 0.307 e. The lowest BCUT2D eigenvalue weighted by Crippen LogP contribution is -2.55. The smallest absolute Gasteiger partial charge is 0.307 e. The SMILES string of the molecule is CCCC1(COC)CCCN1C(=O)C1CCC1C(=O)O. The number of carboxylic acids is 1. The lowest BCUT2D eigenvalue weighted by Gasteiger charge is -2.43. The Morgan fingerprint density at radius 3 is 2.55 bits per heavy atom. The molecule has 5 heteroatoms. The van der Waals surface area contributed by atoms with E-state index in [9.17, 15) is 9.59 Å². The van der Waals surface area contributed by atoms with Crippen LogP contribution in [0.2, 0.25) is 0 Å². The van der Waals surface area contributed by atoms with Crippen LogP contribution in [-0.2, 0) is 14.3 Å². The number of hydrogen-bond acceptors (Lipinski definition) is 3. The first-order chi connectivity index (χ1) is 9.55. The maximum absolute atomic E-state index is 12.7. The molecule has 1 N–H and O–H groups in total. The van der Waals surface area contributed by atoms with Crippen LogP contribution in [0.1, 0.15) is 45.4 Å². The predicted molar refractivity (Wildman–Crippen MR) is 74.3 cm³/mol. The van der Waals surface area contributed by atoms with Crippen LogP contribution in [0.5, 0.6) is 0 Å². The van der Waals surface area contributed by atoms with Crippen LogP contribution in [0.25, 0.3) is 0 Å². The second-order valence-corrected chi connectivity index (χ2v) is 6.13. The molecule has 1 aliphatic carbocycles. The van der Waals surface area contributed by atoms with Crippen LogP contribution in [0, 0.1) is 11.8 Å². The highest BCUT2D eigenvalue weighted by Gasteiger charge is 2.49. The quantitative estimate of drug-likeness (QED) is 0.808. The van der Waals surface area contributed by atoms with Crippen molar-refractivity contribution in [3.8, 4) is 0 Å². The molecule has 2 fully saturated rings. The van der Waals surface area contributed by atoms with Gasteiger partial charge < -0.3 is 14.7 Å². The van der Waals surface area contributed by atoms with Crippen molar-refractivity contribution in [1.82, 2.24) is 4.90 Å². The highest BCUT2D eigenvalue weighted by Crippen LogP contribution is 2.41. The number of carbonyl (C=O) groups is 2. The summed E-state index contributed by atoms with van der Waals surface area (Å²) in [5.41, 5.74) is -0.209.